The van der Waals surface area contributed by atoms with Gasteiger partial charge in [-0.2, -0.15) is 0 Å². The monoisotopic (exact) mass is 672 g/mol. The van der Waals surface area contributed by atoms with Crippen molar-refractivity contribution in [3.63, 3.8) is 0 Å². The second kappa shape index (κ2) is 24.4. The molecule has 0 aliphatic carbocycles. The molecule has 11 heteroatoms. The van der Waals surface area contributed by atoms with Crippen molar-refractivity contribution in [1.29, 1.82) is 0 Å². The molecule has 0 atom stereocenters. The Balaban J connectivity index is 4.49. The first-order chi connectivity index (χ1) is 17.8. The zero-order chi connectivity index (χ0) is 27.8. The third kappa shape index (κ3) is 20.9. The number of hydrogen-bond donors (Lipinski definition) is 0. The first-order valence-electron chi connectivity index (χ1n) is 13.5. The molecule has 0 unspecified atom stereocenters. The zero-order valence-corrected chi connectivity index (χ0v) is 27.8. The normalized spacial score (nSPS) is 11.1. The number of carbonyl (C=O) groups excluding carboxylic acids is 4. The van der Waals surface area contributed by atoms with Crippen LogP contribution in [-0.2, 0) is 38.1 Å². The van der Waals surface area contributed by atoms with E-state index in [1.807, 2.05) is 0 Å². The van der Waals surface area contributed by atoms with Crippen LogP contribution in [0.25, 0.3) is 0 Å². The van der Waals surface area contributed by atoms with Gasteiger partial charge < -0.3 is 0 Å². The van der Waals surface area contributed by atoms with E-state index in [9.17, 15) is 19.2 Å². The van der Waals surface area contributed by atoms with Crippen molar-refractivity contribution in [2.45, 2.75) is 99.8 Å². The molecule has 0 amide bonds. The summed E-state index contributed by atoms with van der Waals surface area (Å²) in [7, 11) is 6.84. The first kappa shape index (κ1) is 36.4. The molecular weight excluding hydrogens is 623 g/mol. The van der Waals surface area contributed by atoms with Gasteiger partial charge in [0.1, 0.15) is 0 Å². The van der Waals surface area contributed by atoms with Crippen LogP contribution in [0.2, 0.25) is 8.87 Å². The second-order valence-electron chi connectivity index (χ2n) is 8.82. The predicted octanol–water partition coefficient (Wildman–Crippen LogP) is 6.05. The van der Waals surface area contributed by atoms with Crippen LogP contribution in [-0.4, -0.2) is 78.4 Å². The van der Waals surface area contributed by atoms with Crippen LogP contribution in [0.4, 0.5) is 0 Å². The van der Waals surface area contributed by atoms with Crippen molar-refractivity contribution >= 4 is 57.4 Å². The Morgan fingerprint density at radius 2 is 0.919 bits per heavy atom. The number of esters is 4. The number of methoxy groups -OCH3 is 2. The molecule has 0 aromatic heterocycles. The number of carbonyl (C=O) groups is 4. The van der Waals surface area contributed by atoms with E-state index < -0.39 is 15.6 Å². The van der Waals surface area contributed by atoms with Crippen LogP contribution in [0.15, 0.2) is 0 Å². The van der Waals surface area contributed by atoms with Gasteiger partial charge in [-0.15, -0.1) is 0 Å². The predicted molar refractivity (Wildman–Crippen MR) is 153 cm³/mol. The Hall–Kier alpha value is -0.621. The van der Waals surface area contributed by atoms with Gasteiger partial charge >= 0.3 is 234 Å². The molecule has 0 fully saturated rings. The van der Waals surface area contributed by atoms with E-state index in [0.29, 0.717) is 64.6 Å². The van der Waals surface area contributed by atoms with Crippen molar-refractivity contribution in [3.8, 4) is 0 Å². The fraction of sp³-hybridized carbons (Fsp3) is 0.846. The van der Waals surface area contributed by atoms with Crippen molar-refractivity contribution in [2.24, 2.45) is 0 Å². The molecule has 0 rings (SSSR count). The first-order valence-corrected chi connectivity index (χ1v) is 26.5. The molecule has 0 aliphatic rings. The van der Waals surface area contributed by atoms with Crippen LogP contribution in [0, 0.1) is 0 Å². The fourth-order valence-corrected chi connectivity index (χ4v) is 33.4. The van der Waals surface area contributed by atoms with E-state index in [0.717, 1.165) is 24.3 Å². The van der Waals surface area contributed by atoms with Gasteiger partial charge in [-0.1, -0.05) is 0 Å². The number of hydrogen-bond acceptors (Lipinski definition) is 10. The molecule has 8 nitrogen and oxygen atoms in total. The molecule has 0 saturated heterocycles. The number of unbranched alkanes of at least 4 members (excludes halogenated alkanes) is 4. The van der Waals surface area contributed by atoms with Gasteiger partial charge in [-0.3, -0.25) is 0 Å². The van der Waals surface area contributed by atoms with Gasteiger partial charge in [0.2, 0.25) is 0 Å². The summed E-state index contributed by atoms with van der Waals surface area (Å²) < 4.78 is 22.7. The van der Waals surface area contributed by atoms with Crippen LogP contribution in [0.5, 0.6) is 0 Å². The summed E-state index contributed by atoms with van der Waals surface area (Å²) in [5.74, 6) is 0.694. The topological polar surface area (TPSA) is 105 Å². The zero-order valence-electron chi connectivity index (χ0n) is 23.3. The van der Waals surface area contributed by atoms with Crippen molar-refractivity contribution in [1.82, 2.24) is 0 Å². The maximum atomic E-state index is 12.0. The second-order valence-corrected chi connectivity index (χ2v) is 35.4. The molecule has 0 aromatic carbocycles. The van der Waals surface area contributed by atoms with E-state index >= 15 is 0 Å². The summed E-state index contributed by atoms with van der Waals surface area (Å²) in [4.78, 5) is 46.4. The van der Waals surface area contributed by atoms with Crippen LogP contribution in [0.1, 0.15) is 90.9 Å². The molecule has 37 heavy (non-hydrogen) atoms. The van der Waals surface area contributed by atoms with E-state index in [1.54, 1.807) is 0 Å². The van der Waals surface area contributed by atoms with Crippen LogP contribution < -0.4 is 0 Å². The minimum absolute atomic E-state index is 0.209. The van der Waals surface area contributed by atoms with Crippen molar-refractivity contribution < 1.29 is 38.1 Å². The quantitative estimate of drug-likeness (QED) is 0.0522. The summed E-state index contributed by atoms with van der Waals surface area (Å²) in [5, 5.41) is 0. The molecule has 0 spiro atoms. The summed E-state index contributed by atoms with van der Waals surface area (Å²) in [6.07, 6.45) is 8.53. The number of rotatable bonds is 24. The Labute approximate surface area is 233 Å². The van der Waals surface area contributed by atoms with Gasteiger partial charge in [0.05, 0.1) is 0 Å². The van der Waals surface area contributed by atoms with Gasteiger partial charge in [0.15, 0.2) is 0 Å². The molecule has 0 heterocycles. The summed E-state index contributed by atoms with van der Waals surface area (Å²) in [5.41, 5.74) is 0. The minimum atomic E-state index is -2.62. The molecule has 0 aromatic rings. The Morgan fingerprint density at radius 1 is 0.568 bits per heavy atom. The van der Waals surface area contributed by atoms with E-state index in [4.69, 9.17) is 9.47 Å². The maximum absolute atomic E-state index is 12.0. The third-order valence-electron chi connectivity index (χ3n) is 5.72. The van der Waals surface area contributed by atoms with Gasteiger partial charge in [0, 0.05) is 0 Å². The average molecular weight is 672 g/mol. The molecule has 0 N–H and O–H groups in total. The molecule has 0 aliphatic heterocycles. The molecule has 0 saturated carbocycles. The van der Waals surface area contributed by atoms with E-state index in [1.165, 1.54) is 35.9 Å². The van der Waals surface area contributed by atoms with E-state index in [2.05, 4.69) is 41.2 Å². The third-order valence-corrected chi connectivity index (χ3v) is 36.6. The van der Waals surface area contributed by atoms with Crippen molar-refractivity contribution in [2.75, 3.05) is 38.9 Å². The van der Waals surface area contributed by atoms with Gasteiger partial charge in [-0.05, 0) is 0 Å². The fourth-order valence-electron chi connectivity index (χ4n) is 3.54. The summed E-state index contributed by atoms with van der Waals surface area (Å²) in [6, 6.07) is 0. The molecule has 0 radical (unpaired) electrons. The SMILES string of the molecule is CCC[CH2][Sn]([CH2]CCC)([S]CCOC(=O)CCCCC(=O)OC)[S]CCOC(=O)CCCCC(=O)OC. The Bertz CT molecular complexity index is 594. The Morgan fingerprint density at radius 3 is 1.24 bits per heavy atom. The molecule has 0 bridgehead atoms. The van der Waals surface area contributed by atoms with Crippen molar-refractivity contribution in [3.05, 3.63) is 0 Å². The number of ether oxygens (including phenoxy) is 4. The van der Waals surface area contributed by atoms with Gasteiger partial charge in [-0.25, -0.2) is 0 Å². The van der Waals surface area contributed by atoms with Gasteiger partial charge in [0.25, 0.3) is 0 Å². The summed E-state index contributed by atoms with van der Waals surface area (Å²) in [6.45, 7) is 5.27. The average Bonchev–Trinajstić information content (AvgIpc) is 2.90. The Kier molecular flexibility index (Phi) is 24.0. The summed E-state index contributed by atoms with van der Waals surface area (Å²) >= 11 is -2.62. The molecule has 216 valence electrons. The van der Waals surface area contributed by atoms with Crippen LogP contribution in [0.3, 0.4) is 0 Å². The van der Waals surface area contributed by atoms with Crippen LogP contribution >= 0.6 is 17.9 Å². The standard InChI is InChI=1S/2C9H16O4S.2C4H9.Sn/c2*1-12-8(10)4-2-3-5-9(11)13-6-7-14;2*1-3-4-2;/h2*14H,2-7H2,1H3;2*1,3-4H2,2H3;/q;;;;+2/p-2. The van der Waals surface area contributed by atoms with E-state index in [-0.39, 0.29) is 23.9 Å². The molecular formula is C26H48O8S2Sn.